The molecule has 0 aliphatic heterocycles. The fourth-order valence-corrected chi connectivity index (χ4v) is 2.34. The molecule has 0 heterocycles. The Morgan fingerprint density at radius 3 is 2.33 bits per heavy atom. The molecule has 0 aromatic heterocycles. The van der Waals surface area contributed by atoms with E-state index >= 15 is 0 Å². The van der Waals surface area contributed by atoms with Gasteiger partial charge in [0.25, 0.3) is 5.91 Å². The Morgan fingerprint density at radius 1 is 1.08 bits per heavy atom. The molecule has 0 N–H and O–H groups in total. The quantitative estimate of drug-likeness (QED) is 0.653. The third-order valence-corrected chi connectivity index (χ3v) is 3.93. The lowest BCUT2D eigenvalue weighted by Crippen LogP contribution is -2.39. The first-order chi connectivity index (χ1) is 11.4. The molecule has 0 bridgehead atoms. The highest BCUT2D eigenvalue weighted by Crippen LogP contribution is 2.20. The van der Waals surface area contributed by atoms with E-state index < -0.39 is 0 Å². The predicted molar refractivity (Wildman–Crippen MR) is 96.2 cm³/mol. The Bertz CT molecular complexity index is 543. The van der Waals surface area contributed by atoms with Crippen molar-refractivity contribution in [2.24, 2.45) is 0 Å². The second-order valence-corrected chi connectivity index (χ2v) is 6.34. The van der Waals surface area contributed by atoms with Crippen molar-refractivity contribution >= 4 is 11.8 Å². The molecule has 1 aromatic carbocycles. The van der Waals surface area contributed by atoms with E-state index in [0.717, 1.165) is 17.5 Å². The molecular formula is C19H30N2O3. The highest BCUT2D eigenvalue weighted by atomic mass is 16.5. The van der Waals surface area contributed by atoms with Crippen molar-refractivity contribution in [3.05, 3.63) is 35.4 Å². The SMILES string of the molecule is CCCOCC(=O)N(C)CCN(C)C(=O)c1ccccc1C(C)C. The van der Waals surface area contributed by atoms with Crippen molar-refractivity contribution in [2.75, 3.05) is 40.4 Å². The van der Waals surface area contributed by atoms with E-state index in [1.165, 1.54) is 0 Å². The van der Waals surface area contributed by atoms with Crippen LogP contribution in [0.3, 0.4) is 0 Å². The van der Waals surface area contributed by atoms with Crippen molar-refractivity contribution < 1.29 is 14.3 Å². The third kappa shape index (κ3) is 5.96. The maximum Gasteiger partial charge on any atom is 0.253 e. The number of rotatable bonds is 9. The Labute approximate surface area is 145 Å². The van der Waals surface area contributed by atoms with E-state index in [9.17, 15) is 9.59 Å². The molecule has 0 fully saturated rings. The van der Waals surface area contributed by atoms with Crippen LogP contribution in [0, 0.1) is 0 Å². The van der Waals surface area contributed by atoms with Crippen LogP contribution >= 0.6 is 0 Å². The molecule has 0 spiro atoms. The minimum absolute atomic E-state index is 0.0117. The number of nitrogens with zero attached hydrogens (tertiary/aromatic N) is 2. The molecule has 134 valence electrons. The van der Waals surface area contributed by atoms with E-state index in [-0.39, 0.29) is 18.4 Å². The highest BCUT2D eigenvalue weighted by Gasteiger charge is 2.18. The summed E-state index contributed by atoms with van der Waals surface area (Å²) in [5.74, 6) is 0.216. The number of likely N-dealkylation sites (N-methyl/N-ethyl adjacent to an activating group) is 2. The minimum Gasteiger partial charge on any atom is -0.372 e. The molecule has 0 aliphatic rings. The standard InChI is InChI=1S/C19H30N2O3/c1-6-13-24-14-18(22)20(4)11-12-21(5)19(23)17-10-8-7-9-16(17)15(2)3/h7-10,15H,6,11-14H2,1-5H3. The van der Waals surface area contributed by atoms with Crippen LogP contribution in [0.5, 0.6) is 0 Å². The Morgan fingerprint density at radius 2 is 1.71 bits per heavy atom. The van der Waals surface area contributed by atoms with Crippen molar-refractivity contribution in [1.82, 2.24) is 9.80 Å². The van der Waals surface area contributed by atoms with Crippen LogP contribution in [0.25, 0.3) is 0 Å². The number of carbonyl (C=O) groups excluding carboxylic acids is 2. The van der Waals surface area contributed by atoms with Gasteiger partial charge in [0.15, 0.2) is 0 Å². The molecule has 1 aromatic rings. The van der Waals surface area contributed by atoms with Gasteiger partial charge in [-0.3, -0.25) is 9.59 Å². The summed E-state index contributed by atoms with van der Waals surface area (Å²) in [5.41, 5.74) is 1.78. The number of benzene rings is 1. The summed E-state index contributed by atoms with van der Waals surface area (Å²) >= 11 is 0. The number of ether oxygens (including phenoxy) is 1. The van der Waals surface area contributed by atoms with Crippen molar-refractivity contribution in [3.8, 4) is 0 Å². The zero-order valence-corrected chi connectivity index (χ0v) is 15.5. The van der Waals surface area contributed by atoms with Crippen LogP contribution in [-0.2, 0) is 9.53 Å². The second-order valence-electron chi connectivity index (χ2n) is 6.34. The predicted octanol–water partition coefficient (Wildman–Crippen LogP) is 2.77. The lowest BCUT2D eigenvalue weighted by molar-refractivity contribution is -0.134. The first kappa shape index (κ1) is 20.2. The summed E-state index contributed by atoms with van der Waals surface area (Å²) in [6.45, 7) is 7.82. The summed E-state index contributed by atoms with van der Waals surface area (Å²) in [6, 6.07) is 7.69. The van der Waals surface area contributed by atoms with E-state index in [4.69, 9.17) is 4.74 Å². The van der Waals surface area contributed by atoms with Gasteiger partial charge in [0, 0.05) is 39.4 Å². The summed E-state index contributed by atoms with van der Waals surface area (Å²) in [7, 11) is 3.50. The fourth-order valence-electron chi connectivity index (χ4n) is 2.34. The van der Waals surface area contributed by atoms with Gasteiger partial charge in [-0.2, -0.15) is 0 Å². The van der Waals surface area contributed by atoms with Gasteiger partial charge in [0.1, 0.15) is 6.61 Å². The van der Waals surface area contributed by atoms with Gasteiger partial charge in [-0.05, 0) is 24.0 Å². The number of amides is 2. The van der Waals surface area contributed by atoms with Gasteiger partial charge in [-0.15, -0.1) is 0 Å². The summed E-state index contributed by atoms with van der Waals surface area (Å²) < 4.78 is 5.26. The lowest BCUT2D eigenvalue weighted by atomic mass is 9.96. The molecule has 1 rings (SSSR count). The molecule has 0 saturated heterocycles. The highest BCUT2D eigenvalue weighted by molar-refractivity contribution is 5.95. The monoisotopic (exact) mass is 334 g/mol. The van der Waals surface area contributed by atoms with E-state index in [1.54, 1.807) is 23.9 Å². The first-order valence-electron chi connectivity index (χ1n) is 8.54. The molecule has 5 nitrogen and oxygen atoms in total. The molecule has 0 aliphatic carbocycles. The minimum atomic E-state index is -0.0631. The first-order valence-corrected chi connectivity index (χ1v) is 8.54. The van der Waals surface area contributed by atoms with Gasteiger partial charge < -0.3 is 14.5 Å². The Balaban J connectivity index is 2.57. The summed E-state index contributed by atoms with van der Waals surface area (Å²) in [4.78, 5) is 27.8. The average molecular weight is 334 g/mol. The van der Waals surface area contributed by atoms with Gasteiger partial charge >= 0.3 is 0 Å². The van der Waals surface area contributed by atoms with E-state index in [0.29, 0.717) is 25.6 Å². The van der Waals surface area contributed by atoms with Crippen LogP contribution < -0.4 is 0 Å². The van der Waals surface area contributed by atoms with Gasteiger partial charge in [0.05, 0.1) is 0 Å². The van der Waals surface area contributed by atoms with Crippen LogP contribution in [0.4, 0.5) is 0 Å². The van der Waals surface area contributed by atoms with Crippen LogP contribution in [-0.4, -0.2) is 62.0 Å². The van der Waals surface area contributed by atoms with Crippen molar-refractivity contribution in [3.63, 3.8) is 0 Å². The molecule has 0 saturated carbocycles. The molecule has 24 heavy (non-hydrogen) atoms. The summed E-state index contributed by atoms with van der Waals surface area (Å²) in [5, 5.41) is 0. The Kier molecular flexibility index (Phi) is 8.47. The topological polar surface area (TPSA) is 49.9 Å². The number of hydrogen-bond acceptors (Lipinski definition) is 3. The Hall–Kier alpha value is -1.88. The number of carbonyl (C=O) groups is 2. The van der Waals surface area contributed by atoms with Gasteiger partial charge in [-0.1, -0.05) is 39.0 Å². The van der Waals surface area contributed by atoms with E-state index in [1.807, 2.05) is 31.2 Å². The van der Waals surface area contributed by atoms with Crippen molar-refractivity contribution in [2.45, 2.75) is 33.1 Å². The molecule has 0 unspecified atom stereocenters. The van der Waals surface area contributed by atoms with Gasteiger partial charge in [0.2, 0.25) is 5.91 Å². The van der Waals surface area contributed by atoms with Crippen LogP contribution in [0.2, 0.25) is 0 Å². The zero-order valence-electron chi connectivity index (χ0n) is 15.5. The van der Waals surface area contributed by atoms with Crippen molar-refractivity contribution in [1.29, 1.82) is 0 Å². The molecule has 0 atom stereocenters. The molecule has 5 heteroatoms. The maximum absolute atomic E-state index is 12.7. The zero-order chi connectivity index (χ0) is 18.1. The largest absolute Gasteiger partial charge is 0.372 e. The molecule has 2 amide bonds. The average Bonchev–Trinajstić information content (AvgIpc) is 2.58. The van der Waals surface area contributed by atoms with E-state index in [2.05, 4.69) is 13.8 Å². The summed E-state index contributed by atoms with van der Waals surface area (Å²) in [6.07, 6.45) is 0.892. The smallest absolute Gasteiger partial charge is 0.253 e. The number of hydrogen-bond donors (Lipinski definition) is 0. The second kappa shape index (κ2) is 10.1. The van der Waals surface area contributed by atoms with Crippen LogP contribution in [0.15, 0.2) is 24.3 Å². The van der Waals surface area contributed by atoms with Crippen LogP contribution in [0.1, 0.15) is 49.0 Å². The lowest BCUT2D eigenvalue weighted by Gasteiger charge is -2.23. The third-order valence-electron chi connectivity index (χ3n) is 3.93. The van der Waals surface area contributed by atoms with Gasteiger partial charge in [-0.25, -0.2) is 0 Å². The fraction of sp³-hybridized carbons (Fsp3) is 0.579. The maximum atomic E-state index is 12.7. The molecule has 0 radical (unpaired) electrons. The normalized spacial score (nSPS) is 10.8. The molecular weight excluding hydrogens is 304 g/mol.